The van der Waals surface area contributed by atoms with E-state index >= 15 is 0 Å². The highest BCUT2D eigenvalue weighted by molar-refractivity contribution is 7.91. The van der Waals surface area contributed by atoms with Crippen molar-refractivity contribution < 1.29 is 13.2 Å². The van der Waals surface area contributed by atoms with Gasteiger partial charge in [-0.1, -0.05) is 23.7 Å². The van der Waals surface area contributed by atoms with Crippen LogP contribution >= 0.6 is 11.6 Å². The minimum Gasteiger partial charge on any atom is -0.341 e. The van der Waals surface area contributed by atoms with Gasteiger partial charge in [0, 0.05) is 24.7 Å². The van der Waals surface area contributed by atoms with Crippen LogP contribution in [0.3, 0.4) is 0 Å². The van der Waals surface area contributed by atoms with Gasteiger partial charge in [-0.3, -0.25) is 4.79 Å². The van der Waals surface area contributed by atoms with Gasteiger partial charge in [-0.25, -0.2) is 8.42 Å². The van der Waals surface area contributed by atoms with Crippen molar-refractivity contribution >= 4 is 27.3 Å². The van der Waals surface area contributed by atoms with Gasteiger partial charge in [-0.2, -0.15) is 0 Å². The standard InChI is InChI=1S/C14H19ClN2O3S/c1-17(13-6-7-21(19,20)10-13)14(18)9-16-8-11-2-4-12(15)5-3-11/h2-5,13,16H,6-10H2,1H3. The molecule has 0 spiro atoms. The topological polar surface area (TPSA) is 66.5 Å². The minimum absolute atomic E-state index is 0.0758. The van der Waals surface area contributed by atoms with Gasteiger partial charge in [0.15, 0.2) is 9.84 Å². The fourth-order valence-corrected chi connectivity index (χ4v) is 4.23. The van der Waals surface area contributed by atoms with Gasteiger partial charge in [-0.15, -0.1) is 0 Å². The summed E-state index contributed by atoms with van der Waals surface area (Å²) in [5, 5.41) is 3.74. The molecule has 21 heavy (non-hydrogen) atoms. The van der Waals surface area contributed by atoms with Crippen LogP contribution in [-0.2, 0) is 21.2 Å². The zero-order valence-electron chi connectivity index (χ0n) is 11.9. The number of likely N-dealkylation sites (N-methyl/N-ethyl adjacent to an activating group) is 1. The Kier molecular flexibility index (Phi) is 5.24. The Balaban J connectivity index is 1.78. The lowest BCUT2D eigenvalue weighted by Gasteiger charge is -2.23. The summed E-state index contributed by atoms with van der Waals surface area (Å²) in [5.41, 5.74) is 1.04. The number of hydrogen-bond acceptors (Lipinski definition) is 4. The first-order valence-corrected chi connectivity index (χ1v) is 8.98. The average molecular weight is 331 g/mol. The Morgan fingerprint density at radius 2 is 2.05 bits per heavy atom. The lowest BCUT2D eigenvalue weighted by atomic mass is 10.2. The van der Waals surface area contributed by atoms with Gasteiger partial charge in [-0.05, 0) is 24.1 Å². The molecule has 1 aliphatic rings. The van der Waals surface area contributed by atoms with Crippen molar-refractivity contribution in [2.45, 2.75) is 19.0 Å². The van der Waals surface area contributed by atoms with Gasteiger partial charge < -0.3 is 10.2 Å². The molecule has 7 heteroatoms. The predicted octanol–water partition coefficient (Wildman–Crippen LogP) is 1.08. The summed E-state index contributed by atoms with van der Waals surface area (Å²) in [6, 6.07) is 7.20. The number of halogens is 1. The lowest BCUT2D eigenvalue weighted by molar-refractivity contribution is -0.130. The van der Waals surface area contributed by atoms with E-state index < -0.39 is 9.84 Å². The van der Waals surface area contributed by atoms with Crippen LogP contribution in [-0.4, -0.2) is 50.4 Å². The number of amides is 1. The number of rotatable bonds is 5. The van der Waals surface area contributed by atoms with E-state index in [0.717, 1.165) is 5.56 Å². The highest BCUT2D eigenvalue weighted by Crippen LogP contribution is 2.16. The summed E-state index contributed by atoms with van der Waals surface area (Å²) in [7, 11) is -1.30. The van der Waals surface area contributed by atoms with E-state index in [0.29, 0.717) is 18.0 Å². The largest absolute Gasteiger partial charge is 0.341 e. The molecule has 1 aliphatic heterocycles. The second-order valence-electron chi connectivity index (χ2n) is 5.29. The molecule has 1 N–H and O–H groups in total. The second kappa shape index (κ2) is 6.77. The lowest BCUT2D eigenvalue weighted by Crippen LogP contribution is -2.42. The van der Waals surface area contributed by atoms with Crippen LogP contribution in [0, 0.1) is 0 Å². The number of carbonyl (C=O) groups excluding carboxylic acids is 1. The molecule has 0 saturated carbocycles. The molecule has 1 amide bonds. The van der Waals surface area contributed by atoms with E-state index in [1.54, 1.807) is 24.1 Å². The third-order valence-electron chi connectivity index (χ3n) is 3.67. The van der Waals surface area contributed by atoms with Crippen molar-refractivity contribution in [1.29, 1.82) is 0 Å². The first-order valence-electron chi connectivity index (χ1n) is 6.78. The number of benzene rings is 1. The molecule has 1 heterocycles. The van der Waals surface area contributed by atoms with Crippen LogP contribution in [0.4, 0.5) is 0 Å². The van der Waals surface area contributed by atoms with Crippen molar-refractivity contribution in [1.82, 2.24) is 10.2 Å². The molecule has 5 nitrogen and oxygen atoms in total. The van der Waals surface area contributed by atoms with Crippen LogP contribution in [0.1, 0.15) is 12.0 Å². The molecule has 2 rings (SSSR count). The molecular formula is C14H19ClN2O3S. The Morgan fingerprint density at radius 3 is 2.62 bits per heavy atom. The quantitative estimate of drug-likeness (QED) is 0.877. The molecule has 1 saturated heterocycles. The van der Waals surface area contributed by atoms with Gasteiger partial charge >= 0.3 is 0 Å². The van der Waals surface area contributed by atoms with Gasteiger partial charge in [0.25, 0.3) is 0 Å². The fourth-order valence-electron chi connectivity index (χ4n) is 2.33. The van der Waals surface area contributed by atoms with Gasteiger partial charge in [0.05, 0.1) is 18.1 Å². The summed E-state index contributed by atoms with van der Waals surface area (Å²) in [4.78, 5) is 13.6. The second-order valence-corrected chi connectivity index (χ2v) is 7.96. The summed E-state index contributed by atoms with van der Waals surface area (Å²) in [6.45, 7) is 0.759. The summed E-state index contributed by atoms with van der Waals surface area (Å²) < 4.78 is 22.9. The highest BCUT2D eigenvalue weighted by Gasteiger charge is 2.32. The number of nitrogens with zero attached hydrogens (tertiary/aromatic N) is 1. The normalized spacial score (nSPS) is 20.4. The van der Waals surface area contributed by atoms with Crippen molar-refractivity contribution in [2.75, 3.05) is 25.1 Å². The molecule has 1 fully saturated rings. The maximum absolute atomic E-state index is 12.0. The van der Waals surface area contributed by atoms with Crippen LogP contribution in [0.25, 0.3) is 0 Å². The van der Waals surface area contributed by atoms with Crippen molar-refractivity contribution in [3.8, 4) is 0 Å². The molecule has 1 unspecified atom stereocenters. The maximum Gasteiger partial charge on any atom is 0.236 e. The van der Waals surface area contributed by atoms with E-state index in [-0.39, 0.29) is 30.0 Å². The van der Waals surface area contributed by atoms with E-state index in [1.807, 2.05) is 12.1 Å². The first-order chi connectivity index (χ1) is 9.87. The Labute approximate surface area is 130 Å². The van der Waals surface area contributed by atoms with E-state index in [2.05, 4.69) is 5.32 Å². The summed E-state index contributed by atoms with van der Waals surface area (Å²) in [5.74, 6) is 0.158. The third-order valence-corrected chi connectivity index (χ3v) is 5.67. The van der Waals surface area contributed by atoms with E-state index in [1.165, 1.54) is 0 Å². The van der Waals surface area contributed by atoms with Crippen molar-refractivity contribution in [3.05, 3.63) is 34.9 Å². The highest BCUT2D eigenvalue weighted by atomic mass is 35.5. The smallest absolute Gasteiger partial charge is 0.236 e. The molecule has 1 atom stereocenters. The number of hydrogen-bond donors (Lipinski definition) is 1. The molecular weight excluding hydrogens is 312 g/mol. The monoisotopic (exact) mass is 330 g/mol. The Hall–Kier alpha value is -1.11. The average Bonchev–Trinajstić information content (AvgIpc) is 2.80. The molecule has 0 aromatic heterocycles. The van der Waals surface area contributed by atoms with Crippen molar-refractivity contribution in [2.24, 2.45) is 0 Å². The zero-order chi connectivity index (χ0) is 15.5. The summed E-state index contributed by atoms with van der Waals surface area (Å²) >= 11 is 5.80. The molecule has 1 aromatic carbocycles. The Bertz CT molecular complexity index is 601. The molecule has 116 valence electrons. The third kappa shape index (κ3) is 4.69. The van der Waals surface area contributed by atoms with E-state index in [4.69, 9.17) is 11.6 Å². The van der Waals surface area contributed by atoms with Crippen LogP contribution in [0.2, 0.25) is 5.02 Å². The van der Waals surface area contributed by atoms with E-state index in [9.17, 15) is 13.2 Å². The minimum atomic E-state index is -2.97. The molecule has 0 radical (unpaired) electrons. The van der Waals surface area contributed by atoms with Crippen molar-refractivity contribution in [3.63, 3.8) is 0 Å². The first kappa shape index (κ1) is 16.3. The van der Waals surface area contributed by atoms with Crippen LogP contribution in [0.15, 0.2) is 24.3 Å². The number of sulfone groups is 1. The maximum atomic E-state index is 12.0. The van der Waals surface area contributed by atoms with Gasteiger partial charge in [0.1, 0.15) is 0 Å². The Morgan fingerprint density at radius 1 is 1.38 bits per heavy atom. The molecule has 0 bridgehead atoms. The van der Waals surface area contributed by atoms with Gasteiger partial charge in [0.2, 0.25) is 5.91 Å². The number of nitrogens with one attached hydrogen (secondary N) is 1. The molecule has 1 aromatic rings. The van der Waals surface area contributed by atoms with Crippen LogP contribution < -0.4 is 5.32 Å². The molecule has 0 aliphatic carbocycles. The SMILES string of the molecule is CN(C(=O)CNCc1ccc(Cl)cc1)C1CCS(=O)(=O)C1. The number of carbonyl (C=O) groups is 1. The predicted molar refractivity (Wildman–Crippen MR) is 83.0 cm³/mol. The summed E-state index contributed by atoms with van der Waals surface area (Å²) in [6.07, 6.45) is 0.530. The fraction of sp³-hybridized carbons (Fsp3) is 0.500. The van der Waals surface area contributed by atoms with Crippen LogP contribution in [0.5, 0.6) is 0 Å². The zero-order valence-corrected chi connectivity index (χ0v) is 13.5.